The molecule has 0 spiro atoms. The van der Waals surface area contributed by atoms with E-state index in [4.69, 9.17) is 0 Å². The number of aromatic amines is 1. The standard InChI is InChI=1S/C16H19N3O4S/c1-17-15(20)9-12-10-24(22,23)7-6-19(12)16(21)14-8-11-4-2-3-5-13(11)18-14/h2-5,8,12,18H,6-7,9-10H2,1H3,(H,17,20). The van der Waals surface area contributed by atoms with Crippen LogP contribution in [-0.4, -0.2) is 61.3 Å². The van der Waals surface area contributed by atoms with Gasteiger partial charge in [0.1, 0.15) is 5.69 Å². The van der Waals surface area contributed by atoms with Crippen LogP contribution in [0.1, 0.15) is 16.9 Å². The average Bonchev–Trinajstić information content (AvgIpc) is 2.97. The van der Waals surface area contributed by atoms with E-state index in [1.807, 2.05) is 24.3 Å². The molecule has 1 unspecified atom stereocenters. The van der Waals surface area contributed by atoms with Gasteiger partial charge in [-0.05, 0) is 12.1 Å². The summed E-state index contributed by atoms with van der Waals surface area (Å²) in [5, 5.41) is 3.39. The molecule has 1 aromatic carbocycles. The molecule has 0 radical (unpaired) electrons. The zero-order valence-corrected chi connectivity index (χ0v) is 14.1. The molecule has 1 aromatic heterocycles. The first-order valence-electron chi connectivity index (χ1n) is 7.69. The van der Waals surface area contributed by atoms with Crippen molar-refractivity contribution in [2.24, 2.45) is 0 Å². The minimum atomic E-state index is -3.24. The molecule has 1 aliphatic rings. The fraction of sp³-hybridized carbons (Fsp3) is 0.375. The molecule has 1 fully saturated rings. The van der Waals surface area contributed by atoms with Crippen molar-refractivity contribution in [1.82, 2.24) is 15.2 Å². The van der Waals surface area contributed by atoms with E-state index in [9.17, 15) is 18.0 Å². The number of fused-ring (bicyclic) bond motifs is 1. The van der Waals surface area contributed by atoms with Crippen LogP contribution in [-0.2, 0) is 14.6 Å². The van der Waals surface area contributed by atoms with Gasteiger partial charge < -0.3 is 15.2 Å². The summed E-state index contributed by atoms with van der Waals surface area (Å²) in [6, 6.07) is 8.61. The van der Waals surface area contributed by atoms with E-state index in [1.54, 1.807) is 6.07 Å². The quantitative estimate of drug-likeness (QED) is 0.845. The topological polar surface area (TPSA) is 99.3 Å². The van der Waals surface area contributed by atoms with E-state index in [0.29, 0.717) is 5.69 Å². The minimum Gasteiger partial charge on any atom is -0.359 e. The molecule has 1 aliphatic heterocycles. The molecule has 2 heterocycles. The number of para-hydroxylation sites is 1. The van der Waals surface area contributed by atoms with Gasteiger partial charge in [-0.2, -0.15) is 0 Å². The van der Waals surface area contributed by atoms with Crippen LogP contribution in [0.3, 0.4) is 0 Å². The molecule has 0 bridgehead atoms. The highest BCUT2D eigenvalue weighted by molar-refractivity contribution is 7.91. The summed E-state index contributed by atoms with van der Waals surface area (Å²) >= 11 is 0. The van der Waals surface area contributed by atoms with Crippen LogP contribution < -0.4 is 5.32 Å². The molecule has 8 heteroatoms. The molecule has 2 N–H and O–H groups in total. The maximum atomic E-state index is 12.8. The Labute approximate surface area is 139 Å². The molecule has 0 saturated carbocycles. The Morgan fingerprint density at radius 3 is 2.79 bits per heavy atom. The molecule has 2 amide bonds. The van der Waals surface area contributed by atoms with Gasteiger partial charge in [0.2, 0.25) is 5.91 Å². The predicted octanol–water partition coefficient (Wildman–Crippen LogP) is 0.543. The number of hydrogen-bond acceptors (Lipinski definition) is 4. The number of carbonyl (C=O) groups is 2. The second-order valence-corrected chi connectivity index (χ2v) is 8.14. The predicted molar refractivity (Wildman–Crippen MR) is 90.5 cm³/mol. The molecule has 128 valence electrons. The molecular formula is C16H19N3O4S. The lowest BCUT2D eigenvalue weighted by Gasteiger charge is -2.34. The van der Waals surface area contributed by atoms with Crippen molar-refractivity contribution < 1.29 is 18.0 Å². The van der Waals surface area contributed by atoms with Gasteiger partial charge >= 0.3 is 0 Å². The lowest BCUT2D eigenvalue weighted by atomic mass is 10.1. The van der Waals surface area contributed by atoms with Crippen molar-refractivity contribution >= 4 is 32.6 Å². The van der Waals surface area contributed by atoms with Crippen molar-refractivity contribution in [3.63, 3.8) is 0 Å². The van der Waals surface area contributed by atoms with Crippen LogP contribution in [0.25, 0.3) is 10.9 Å². The normalized spacial score (nSPS) is 20.0. The van der Waals surface area contributed by atoms with Gasteiger partial charge in [0.05, 0.1) is 17.5 Å². The van der Waals surface area contributed by atoms with Gasteiger partial charge in [-0.15, -0.1) is 0 Å². The lowest BCUT2D eigenvalue weighted by Crippen LogP contribution is -2.52. The maximum Gasteiger partial charge on any atom is 0.270 e. The van der Waals surface area contributed by atoms with Crippen LogP contribution >= 0.6 is 0 Å². The molecule has 24 heavy (non-hydrogen) atoms. The smallest absolute Gasteiger partial charge is 0.270 e. The zero-order valence-electron chi connectivity index (χ0n) is 13.3. The van der Waals surface area contributed by atoms with Gasteiger partial charge in [0.25, 0.3) is 5.91 Å². The van der Waals surface area contributed by atoms with Crippen molar-refractivity contribution in [2.45, 2.75) is 12.5 Å². The number of carbonyl (C=O) groups excluding carboxylic acids is 2. The van der Waals surface area contributed by atoms with Crippen molar-refractivity contribution in [2.75, 3.05) is 25.1 Å². The number of H-pyrrole nitrogens is 1. The summed E-state index contributed by atoms with van der Waals surface area (Å²) in [6.45, 7) is 0.0954. The van der Waals surface area contributed by atoms with E-state index in [1.165, 1.54) is 11.9 Å². The Morgan fingerprint density at radius 2 is 2.08 bits per heavy atom. The first-order valence-corrected chi connectivity index (χ1v) is 9.51. The molecule has 3 rings (SSSR count). The molecule has 0 aliphatic carbocycles. The summed E-state index contributed by atoms with van der Waals surface area (Å²) in [5.41, 5.74) is 1.24. The summed E-state index contributed by atoms with van der Waals surface area (Å²) < 4.78 is 23.8. The third kappa shape index (κ3) is 3.28. The monoisotopic (exact) mass is 349 g/mol. The highest BCUT2D eigenvalue weighted by Crippen LogP contribution is 2.21. The first kappa shape index (κ1) is 16.5. The number of sulfone groups is 1. The number of amides is 2. The van der Waals surface area contributed by atoms with Crippen LogP contribution in [0, 0.1) is 0 Å². The van der Waals surface area contributed by atoms with E-state index in [2.05, 4.69) is 10.3 Å². The molecule has 1 saturated heterocycles. The van der Waals surface area contributed by atoms with Gasteiger partial charge in [0.15, 0.2) is 9.84 Å². The molecule has 7 nitrogen and oxygen atoms in total. The van der Waals surface area contributed by atoms with Crippen molar-refractivity contribution in [1.29, 1.82) is 0 Å². The van der Waals surface area contributed by atoms with E-state index in [0.717, 1.165) is 10.9 Å². The summed E-state index contributed by atoms with van der Waals surface area (Å²) in [5.74, 6) is -0.836. The molecular weight excluding hydrogens is 330 g/mol. The van der Waals surface area contributed by atoms with Crippen molar-refractivity contribution in [3.05, 3.63) is 36.0 Å². The molecule has 1 atom stereocenters. The third-order valence-electron chi connectivity index (χ3n) is 4.25. The van der Waals surface area contributed by atoms with Crippen LogP contribution in [0.15, 0.2) is 30.3 Å². The van der Waals surface area contributed by atoms with E-state index in [-0.39, 0.29) is 36.3 Å². The van der Waals surface area contributed by atoms with E-state index < -0.39 is 15.9 Å². The Morgan fingerprint density at radius 1 is 1.33 bits per heavy atom. The largest absolute Gasteiger partial charge is 0.359 e. The highest BCUT2D eigenvalue weighted by atomic mass is 32.2. The SMILES string of the molecule is CNC(=O)CC1CS(=O)(=O)CCN1C(=O)c1cc2ccccc2[nH]1. The zero-order chi connectivity index (χ0) is 17.3. The maximum absolute atomic E-state index is 12.8. The second kappa shape index (κ2) is 6.27. The Bertz CT molecular complexity index is 855. The second-order valence-electron chi connectivity index (χ2n) is 5.91. The van der Waals surface area contributed by atoms with Gasteiger partial charge in [-0.3, -0.25) is 9.59 Å². The lowest BCUT2D eigenvalue weighted by molar-refractivity contribution is -0.121. The van der Waals surface area contributed by atoms with E-state index >= 15 is 0 Å². The Kier molecular flexibility index (Phi) is 4.31. The van der Waals surface area contributed by atoms with Crippen LogP contribution in [0.4, 0.5) is 0 Å². The fourth-order valence-corrected chi connectivity index (χ4v) is 4.51. The third-order valence-corrected chi connectivity index (χ3v) is 5.95. The number of nitrogens with zero attached hydrogens (tertiary/aromatic N) is 1. The summed E-state index contributed by atoms with van der Waals surface area (Å²) in [6.07, 6.45) is -0.0261. The summed E-state index contributed by atoms with van der Waals surface area (Å²) in [7, 11) is -1.75. The van der Waals surface area contributed by atoms with Gasteiger partial charge in [0, 0.05) is 30.9 Å². The van der Waals surface area contributed by atoms with Gasteiger partial charge in [-0.1, -0.05) is 18.2 Å². The Balaban J connectivity index is 1.89. The highest BCUT2D eigenvalue weighted by Gasteiger charge is 2.36. The Hall–Kier alpha value is -2.35. The fourth-order valence-electron chi connectivity index (χ4n) is 2.98. The average molecular weight is 349 g/mol. The number of rotatable bonds is 3. The first-order chi connectivity index (χ1) is 11.4. The number of nitrogens with one attached hydrogen (secondary N) is 2. The molecule has 2 aromatic rings. The number of hydrogen-bond donors (Lipinski definition) is 2. The van der Waals surface area contributed by atoms with Crippen LogP contribution in [0.2, 0.25) is 0 Å². The number of aromatic nitrogens is 1. The number of benzene rings is 1. The minimum absolute atomic E-state index is 0.0261. The van der Waals surface area contributed by atoms with Gasteiger partial charge in [-0.25, -0.2) is 8.42 Å². The summed E-state index contributed by atoms with van der Waals surface area (Å²) in [4.78, 5) is 29.1. The van der Waals surface area contributed by atoms with Crippen LogP contribution in [0.5, 0.6) is 0 Å². The van der Waals surface area contributed by atoms with Crippen molar-refractivity contribution in [3.8, 4) is 0 Å².